The summed E-state index contributed by atoms with van der Waals surface area (Å²) in [6.45, 7) is 0. The minimum atomic E-state index is -1.36. The lowest BCUT2D eigenvalue weighted by atomic mass is 10.5. The maximum absolute atomic E-state index is 9.42. The molecule has 0 rings (SSSR count). The van der Waals surface area contributed by atoms with Crippen LogP contribution < -0.4 is 0 Å². The van der Waals surface area contributed by atoms with Crippen LogP contribution in [0, 0.1) is 0 Å². The highest BCUT2D eigenvalue weighted by Crippen LogP contribution is 1.84. The van der Waals surface area contributed by atoms with Gasteiger partial charge in [-0.25, -0.2) is 10.1 Å². The van der Waals surface area contributed by atoms with Crippen LogP contribution in [0.25, 0.3) is 0 Å². The van der Waals surface area contributed by atoms with Gasteiger partial charge in [0.1, 0.15) is 6.29 Å². The molecule has 0 saturated heterocycles. The zero-order chi connectivity index (χ0) is 5.70. The second kappa shape index (κ2) is 3.73. The minimum Gasteiger partial charge on any atom is -0.365 e. The van der Waals surface area contributed by atoms with Crippen LogP contribution in [0.15, 0.2) is 0 Å². The molecule has 0 aromatic heterocycles. The van der Waals surface area contributed by atoms with E-state index in [0.29, 0.717) is 6.29 Å². The standard InChI is InChI=1S/C3H6O4/c4-2-1-3(5)7-6/h2-3,5-6H,1H2/t3-/m1/s1. The van der Waals surface area contributed by atoms with Gasteiger partial charge in [-0.15, -0.1) is 0 Å². The van der Waals surface area contributed by atoms with Crippen molar-refractivity contribution in [2.24, 2.45) is 0 Å². The molecule has 0 radical (unpaired) electrons. The van der Waals surface area contributed by atoms with E-state index in [1.165, 1.54) is 0 Å². The predicted octanol–water partition coefficient (Wildman–Crippen LogP) is -0.617. The van der Waals surface area contributed by atoms with Gasteiger partial charge in [-0.05, 0) is 0 Å². The molecular weight excluding hydrogens is 100 g/mol. The van der Waals surface area contributed by atoms with Gasteiger partial charge in [-0.2, -0.15) is 0 Å². The normalized spacial score (nSPS) is 13.4. The van der Waals surface area contributed by atoms with E-state index >= 15 is 0 Å². The summed E-state index contributed by atoms with van der Waals surface area (Å²) in [5, 5.41) is 15.7. The van der Waals surface area contributed by atoms with E-state index in [9.17, 15) is 4.79 Å². The van der Waals surface area contributed by atoms with Gasteiger partial charge in [0, 0.05) is 0 Å². The fraction of sp³-hybridized carbons (Fsp3) is 0.667. The third-order valence-electron chi connectivity index (χ3n) is 0.420. The highest BCUT2D eigenvalue weighted by Gasteiger charge is 1.97. The maximum Gasteiger partial charge on any atom is 0.195 e. The van der Waals surface area contributed by atoms with Crippen molar-refractivity contribution < 1.29 is 20.0 Å². The van der Waals surface area contributed by atoms with Crippen LogP contribution in [-0.4, -0.2) is 22.9 Å². The number of aliphatic hydroxyl groups excluding tert-OH is 1. The second-order valence-electron chi connectivity index (χ2n) is 0.962. The first-order valence-electron chi connectivity index (χ1n) is 1.73. The fourth-order valence-electron chi connectivity index (χ4n) is 0.125. The van der Waals surface area contributed by atoms with Crippen LogP contribution in [0.3, 0.4) is 0 Å². The summed E-state index contributed by atoms with van der Waals surface area (Å²) >= 11 is 0. The van der Waals surface area contributed by atoms with Gasteiger partial charge in [0.2, 0.25) is 0 Å². The molecule has 0 saturated carbocycles. The van der Waals surface area contributed by atoms with Crippen LogP contribution in [-0.2, 0) is 9.68 Å². The number of carbonyl (C=O) groups is 1. The van der Waals surface area contributed by atoms with Crippen LogP contribution in [0.5, 0.6) is 0 Å². The van der Waals surface area contributed by atoms with Crippen molar-refractivity contribution in [1.82, 2.24) is 0 Å². The molecule has 7 heavy (non-hydrogen) atoms. The lowest BCUT2D eigenvalue weighted by Gasteiger charge is -1.96. The largest absolute Gasteiger partial charge is 0.365 e. The van der Waals surface area contributed by atoms with Gasteiger partial charge in [-0.3, -0.25) is 0 Å². The van der Waals surface area contributed by atoms with Gasteiger partial charge >= 0.3 is 0 Å². The first kappa shape index (κ1) is 6.55. The average Bonchev–Trinajstić information content (AvgIpc) is 1.68. The molecule has 0 unspecified atom stereocenters. The van der Waals surface area contributed by atoms with Crippen LogP contribution >= 0.6 is 0 Å². The summed E-state index contributed by atoms with van der Waals surface area (Å²) in [4.78, 5) is 12.7. The zero-order valence-corrected chi connectivity index (χ0v) is 3.57. The smallest absolute Gasteiger partial charge is 0.195 e. The second-order valence-corrected chi connectivity index (χ2v) is 0.962. The number of aliphatic hydroxyl groups is 1. The molecule has 1 atom stereocenters. The van der Waals surface area contributed by atoms with Gasteiger partial charge in [0.25, 0.3) is 0 Å². The van der Waals surface area contributed by atoms with Crippen molar-refractivity contribution in [2.45, 2.75) is 12.7 Å². The van der Waals surface area contributed by atoms with E-state index in [-0.39, 0.29) is 6.42 Å². The number of hydrogen-bond donors (Lipinski definition) is 2. The molecule has 0 bridgehead atoms. The highest BCUT2D eigenvalue weighted by molar-refractivity contribution is 5.49. The molecule has 4 heteroatoms. The highest BCUT2D eigenvalue weighted by atomic mass is 17.1. The van der Waals surface area contributed by atoms with Crippen LogP contribution in [0.1, 0.15) is 6.42 Å². The molecule has 0 heterocycles. The third kappa shape index (κ3) is 3.38. The zero-order valence-electron chi connectivity index (χ0n) is 3.57. The molecule has 0 amide bonds. The summed E-state index contributed by atoms with van der Waals surface area (Å²) < 4.78 is 0. The lowest BCUT2D eigenvalue weighted by molar-refractivity contribution is -0.332. The molecule has 0 fully saturated rings. The van der Waals surface area contributed by atoms with E-state index < -0.39 is 6.29 Å². The summed E-state index contributed by atoms with van der Waals surface area (Å²) in [7, 11) is 0. The van der Waals surface area contributed by atoms with Crippen molar-refractivity contribution in [2.75, 3.05) is 0 Å². The van der Waals surface area contributed by atoms with Gasteiger partial charge in [0.15, 0.2) is 6.29 Å². The molecule has 0 aliphatic heterocycles. The third-order valence-corrected chi connectivity index (χ3v) is 0.420. The van der Waals surface area contributed by atoms with Crippen molar-refractivity contribution in [3.8, 4) is 0 Å². The Morgan fingerprint density at radius 2 is 2.43 bits per heavy atom. The number of rotatable bonds is 3. The van der Waals surface area contributed by atoms with Crippen molar-refractivity contribution in [3.63, 3.8) is 0 Å². The Hall–Kier alpha value is -0.450. The molecule has 2 N–H and O–H groups in total. The number of carbonyl (C=O) groups excluding carboxylic acids is 1. The molecule has 0 aromatic rings. The summed E-state index contributed by atoms with van der Waals surface area (Å²) in [6.07, 6.45) is -1.12. The Morgan fingerprint density at radius 3 is 2.57 bits per heavy atom. The summed E-state index contributed by atoms with van der Waals surface area (Å²) in [6, 6.07) is 0. The van der Waals surface area contributed by atoms with Gasteiger partial charge in [-0.1, -0.05) is 0 Å². The van der Waals surface area contributed by atoms with E-state index in [1.807, 2.05) is 0 Å². The molecular formula is C3H6O4. The molecule has 4 nitrogen and oxygen atoms in total. The topological polar surface area (TPSA) is 66.8 Å². The first-order valence-corrected chi connectivity index (χ1v) is 1.73. The Kier molecular flexibility index (Phi) is 3.49. The molecule has 0 aromatic carbocycles. The van der Waals surface area contributed by atoms with Gasteiger partial charge < -0.3 is 9.90 Å². The first-order chi connectivity index (χ1) is 3.31. The average molecular weight is 106 g/mol. The number of hydrogen-bond acceptors (Lipinski definition) is 4. The molecule has 42 valence electrons. The quantitative estimate of drug-likeness (QED) is 0.218. The minimum absolute atomic E-state index is 0.198. The SMILES string of the molecule is O=CC[C@H](O)OO. The lowest BCUT2D eigenvalue weighted by Crippen LogP contribution is -2.08. The van der Waals surface area contributed by atoms with Crippen LogP contribution in [0.2, 0.25) is 0 Å². The van der Waals surface area contributed by atoms with Crippen LogP contribution in [0.4, 0.5) is 0 Å². The summed E-state index contributed by atoms with van der Waals surface area (Å²) in [5.41, 5.74) is 0. The van der Waals surface area contributed by atoms with Crippen molar-refractivity contribution in [3.05, 3.63) is 0 Å². The maximum atomic E-state index is 9.42. The van der Waals surface area contributed by atoms with Crippen molar-refractivity contribution >= 4 is 6.29 Å². The van der Waals surface area contributed by atoms with E-state index in [1.54, 1.807) is 0 Å². The van der Waals surface area contributed by atoms with Gasteiger partial charge in [0.05, 0.1) is 6.42 Å². The predicted molar refractivity (Wildman–Crippen MR) is 20.4 cm³/mol. The monoisotopic (exact) mass is 106 g/mol. The number of aldehydes is 1. The Labute approximate surface area is 40.3 Å². The molecule has 0 aliphatic rings. The fourth-order valence-corrected chi connectivity index (χ4v) is 0.125. The Balaban J connectivity index is 2.98. The summed E-state index contributed by atoms with van der Waals surface area (Å²) in [5.74, 6) is 0. The molecule has 0 spiro atoms. The van der Waals surface area contributed by atoms with Crippen molar-refractivity contribution in [1.29, 1.82) is 0 Å². The Morgan fingerprint density at radius 1 is 1.86 bits per heavy atom. The Bertz CT molecular complexity index is 52.9. The van der Waals surface area contributed by atoms with E-state index in [0.717, 1.165) is 0 Å². The van der Waals surface area contributed by atoms with E-state index in [2.05, 4.69) is 4.89 Å². The molecule has 0 aliphatic carbocycles. The van der Waals surface area contributed by atoms with E-state index in [4.69, 9.17) is 10.4 Å².